The van der Waals surface area contributed by atoms with Gasteiger partial charge < -0.3 is 29.7 Å². The smallest absolute Gasteiger partial charge is 0.490 e. The van der Waals surface area contributed by atoms with Crippen molar-refractivity contribution in [3.05, 3.63) is 35.4 Å². The van der Waals surface area contributed by atoms with Crippen molar-refractivity contribution >= 4 is 23.5 Å². The Morgan fingerprint density at radius 2 is 1.77 bits per heavy atom. The van der Waals surface area contributed by atoms with Crippen LogP contribution >= 0.6 is 0 Å². The molecule has 40 heavy (non-hydrogen) atoms. The lowest BCUT2D eigenvalue weighted by atomic mass is 10.1. The highest BCUT2D eigenvalue weighted by Gasteiger charge is 2.38. The summed E-state index contributed by atoms with van der Waals surface area (Å²) in [7, 11) is 1.51. The third-order valence-electron chi connectivity index (χ3n) is 6.28. The summed E-state index contributed by atoms with van der Waals surface area (Å²) in [5.41, 5.74) is 1.81. The molecule has 1 aromatic carbocycles. The van der Waals surface area contributed by atoms with E-state index in [1.165, 1.54) is 13.2 Å². The Morgan fingerprint density at radius 1 is 1.12 bits per heavy atom. The van der Waals surface area contributed by atoms with E-state index in [-0.39, 0.29) is 23.8 Å². The molecule has 14 heteroatoms. The van der Waals surface area contributed by atoms with Gasteiger partial charge in [-0.1, -0.05) is 0 Å². The Morgan fingerprint density at radius 3 is 2.30 bits per heavy atom. The number of rotatable bonds is 6. The standard InChI is InChI=1S/C24H32FN5O3.C2HF3O2/c1-15(2)26-23-24(28-21-14-30(16(3)31)12-9-20(21)27-23)29-10-7-17(8-11-29)33-22-6-5-18(32-4)13-19(22)25;3-2(4,5)1(6)7/h5-6,13,15,17H,7-12,14H2,1-4H3,(H,26,27);(H,6,7). The van der Waals surface area contributed by atoms with Crippen LogP contribution in [0, 0.1) is 5.82 Å². The molecule has 2 N–H and O–H groups in total. The summed E-state index contributed by atoms with van der Waals surface area (Å²) >= 11 is 0. The fourth-order valence-electron chi connectivity index (χ4n) is 4.25. The van der Waals surface area contributed by atoms with Crippen LogP contribution in [0.3, 0.4) is 0 Å². The van der Waals surface area contributed by atoms with Gasteiger partial charge in [-0.05, 0) is 26.0 Å². The maximum Gasteiger partial charge on any atom is 0.490 e. The molecule has 0 aliphatic carbocycles. The summed E-state index contributed by atoms with van der Waals surface area (Å²) in [5.74, 6) is -0.827. The molecule has 3 heterocycles. The SMILES string of the molecule is COc1ccc(OC2CCN(c3nc4c(nc3NC(C)C)CCN(C(C)=O)C4)CC2)c(F)c1.O=C(O)C(F)(F)F. The molecule has 1 aromatic heterocycles. The monoisotopic (exact) mass is 571 g/mol. The molecule has 1 fully saturated rings. The zero-order valence-electron chi connectivity index (χ0n) is 22.7. The van der Waals surface area contributed by atoms with Gasteiger partial charge in [-0.25, -0.2) is 19.2 Å². The Kier molecular flexibility index (Phi) is 9.98. The summed E-state index contributed by atoms with van der Waals surface area (Å²) in [6.07, 6.45) is -2.97. The topological polar surface area (TPSA) is 117 Å². The molecule has 4 rings (SSSR count). The minimum absolute atomic E-state index is 0.0529. The number of hydrogen-bond acceptors (Lipinski definition) is 8. The molecule has 0 spiro atoms. The molecule has 10 nitrogen and oxygen atoms in total. The van der Waals surface area contributed by atoms with Gasteiger partial charge in [0.1, 0.15) is 11.9 Å². The largest absolute Gasteiger partial charge is 0.497 e. The Hall–Kier alpha value is -3.84. The normalized spacial score (nSPS) is 15.6. The molecule has 1 saturated heterocycles. The summed E-state index contributed by atoms with van der Waals surface area (Å²) < 4.78 is 57.0. The van der Waals surface area contributed by atoms with Crippen LogP contribution in [0.1, 0.15) is 45.0 Å². The minimum Gasteiger partial charge on any atom is -0.497 e. The van der Waals surface area contributed by atoms with Crippen LogP contribution in [0.4, 0.5) is 29.2 Å². The number of carboxylic acids is 1. The quantitative estimate of drug-likeness (QED) is 0.496. The number of anilines is 2. The summed E-state index contributed by atoms with van der Waals surface area (Å²) in [6, 6.07) is 4.86. The molecule has 2 aromatic rings. The van der Waals surface area contributed by atoms with Crippen molar-refractivity contribution in [2.24, 2.45) is 0 Å². The van der Waals surface area contributed by atoms with Gasteiger partial charge in [0, 0.05) is 57.9 Å². The maximum atomic E-state index is 14.3. The number of fused-ring (bicyclic) bond motifs is 1. The van der Waals surface area contributed by atoms with E-state index in [0.29, 0.717) is 25.3 Å². The van der Waals surface area contributed by atoms with E-state index in [1.807, 2.05) is 0 Å². The molecule has 0 bridgehead atoms. The number of nitrogens with one attached hydrogen (secondary N) is 1. The number of aromatic nitrogens is 2. The molecule has 0 unspecified atom stereocenters. The van der Waals surface area contributed by atoms with Crippen LogP contribution in [-0.2, 0) is 22.6 Å². The molecule has 1 amide bonds. The molecular formula is C26H33F4N5O5. The van der Waals surface area contributed by atoms with Gasteiger partial charge in [0.15, 0.2) is 23.2 Å². The Bertz CT molecular complexity index is 1200. The number of nitrogens with zero attached hydrogens (tertiary/aromatic N) is 4. The van der Waals surface area contributed by atoms with Crippen LogP contribution in [0.2, 0.25) is 0 Å². The van der Waals surface area contributed by atoms with E-state index in [4.69, 9.17) is 29.3 Å². The first-order chi connectivity index (χ1) is 18.8. The van der Waals surface area contributed by atoms with E-state index in [9.17, 15) is 22.4 Å². The van der Waals surface area contributed by atoms with E-state index in [1.54, 1.807) is 24.0 Å². The van der Waals surface area contributed by atoms with Gasteiger partial charge in [0.05, 0.1) is 25.0 Å². The average Bonchev–Trinajstić information content (AvgIpc) is 2.89. The molecule has 2 aliphatic rings. The van der Waals surface area contributed by atoms with E-state index in [2.05, 4.69) is 24.1 Å². The Balaban J connectivity index is 0.000000559. The summed E-state index contributed by atoms with van der Waals surface area (Å²) in [4.78, 5) is 34.6. The van der Waals surface area contributed by atoms with E-state index < -0.39 is 18.0 Å². The van der Waals surface area contributed by atoms with Crippen LogP contribution in [0.15, 0.2) is 18.2 Å². The van der Waals surface area contributed by atoms with Gasteiger partial charge in [-0.3, -0.25) is 4.79 Å². The molecule has 220 valence electrons. The zero-order chi connectivity index (χ0) is 29.6. The predicted molar refractivity (Wildman–Crippen MR) is 138 cm³/mol. The lowest BCUT2D eigenvalue weighted by Crippen LogP contribution is -2.40. The fourth-order valence-corrected chi connectivity index (χ4v) is 4.25. The summed E-state index contributed by atoms with van der Waals surface area (Å²) in [5, 5.41) is 10.6. The van der Waals surface area contributed by atoms with Crippen molar-refractivity contribution in [2.75, 3.05) is 37.0 Å². The number of halogens is 4. The number of methoxy groups -OCH3 is 1. The number of carboxylic acid groups (broad SMARTS) is 1. The van der Waals surface area contributed by atoms with E-state index >= 15 is 0 Å². The number of alkyl halides is 3. The molecule has 0 radical (unpaired) electrons. The Labute approximate surface area is 229 Å². The van der Waals surface area contributed by atoms with Gasteiger partial charge in [-0.2, -0.15) is 13.2 Å². The maximum absolute atomic E-state index is 14.3. The van der Waals surface area contributed by atoms with E-state index in [0.717, 1.165) is 49.0 Å². The van der Waals surface area contributed by atoms with Crippen molar-refractivity contribution in [3.8, 4) is 11.5 Å². The zero-order valence-corrected chi connectivity index (χ0v) is 22.7. The first kappa shape index (κ1) is 30.7. The number of benzene rings is 1. The molecular weight excluding hydrogens is 538 g/mol. The second-order valence-electron chi connectivity index (χ2n) is 9.68. The number of hydrogen-bond donors (Lipinski definition) is 2. The highest BCUT2D eigenvalue weighted by atomic mass is 19.4. The number of amides is 1. The van der Waals surface area contributed by atoms with Crippen LogP contribution in [-0.4, -0.2) is 76.9 Å². The number of carbonyl (C=O) groups excluding carboxylic acids is 1. The van der Waals surface area contributed by atoms with Gasteiger partial charge in [-0.15, -0.1) is 0 Å². The number of aliphatic carboxylic acids is 1. The molecule has 0 atom stereocenters. The lowest BCUT2D eigenvalue weighted by Gasteiger charge is -2.35. The number of piperidine rings is 1. The van der Waals surface area contributed by atoms with Crippen molar-refractivity contribution < 1.29 is 41.7 Å². The van der Waals surface area contributed by atoms with Crippen molar-refractivity contribution in [3.63, 3.8) is 0 Å². The van der Waals surface area contributed by atoms with Crippen molar-refractivity contribution in [1.29, 1.82) is 0 Å². The second kappa shape index (κ2) is 13.0. The van der Waals surface area contributed by atoms with Crippen LogP contribution in [0.25, 0.3) is 0 Å². The first-order valence-electron chi connectivity index (χ1n) is 12.8. The predicted octanol–water partition coefficient (Wildman–Crippen LogP) is 4.03. The number of ether oxygens (including phenoxy) is 2. The number of carbonyl (C=O) groups is 2. The fraction of sp³-hybridized carbons (Fsp3) is 0.538. The third-order valence-corrected chi connectivity index (χ3v) is 6.28. The van der Waals surface area contributed by atoms with Crippen LogP contribution in [0.5, 0.6) is 11.5 Å². The van der Waals surface area contributed by atoms with Gasteiger partial charge in [0.25, 0.3) is 0 Å². The van der Waals surface area contributed by atoms with Gasteiger partial charge >= 0.3 is 12.1 Å². The summed E-state index contributed by atoms with van der Waals surface area (Å²) in [6.45, 7) is 8.34. The third kappa shape index (κ3) is 8.09. The second-order valence-corrected chi connectivity index (χ2v) is 9.68. The van der Waals surface area contributed by atoms with Crippen molar-refractivity contribution in [1.82, 2.24) is 14.9 Å². The molecule has 2 aliphatic heterocycles. The van der Waals surface area contributed by atoms with Gasteiger partial charge in [0.2, 0.25) is 5.91 Å². The minimum atomic E-state index is -5.08. The lowest BCUT2D eigenvalue weighted by molar-refractivity contribution is -0.192. The average molecular weight is 572 g/mol. The highest BCUT2D eigenvalue weighted by molar-refractivity contribution is 5.74. The van der Waals surface area contributed by atoms with Crippen molar-refractivity contribution in [2.45, 2.75) is 64.9 Å². The molecule has 0 saturated carbocycles. The first-order valence-corrected chi connectivity index (χ1v) is 12.8. The van der Waals surface area contributed by atoms with Crippen LogP contribution < -0.4 is 19.7 Å². The highest BCUT2D eigenvalue weighted by Crippen LogP contribution is 2.31.